The maximum absolute atomic E-state index is 13.1. The zero-order valence-corrected chi connectivity index (χ0v) is 11.1. The summed E-state index contributed by atoms with van der Waals surface area (Å²) in [5.74, 6) is -1.65. The van der Waals surface area contributed by atoms with E-state index < -0.39 is 11.6 Å². The smallest absolute Gasteiger partial charge is 0.160 e. The predicted octanol–water partition coefficient (Wildman–Crippen LogP) is 3.62. The fourth-order valence-electron chi connectivity index (χ4n) is 1.64. The molecule has 0 aliphatic rings. The molecule has 0 aliphatic heterocycles. The van der Waals surface area contributed by atoms with E-state index in [1.807, 2.05) is 17.3 Å². The topological polar surface area (TPSA) is 16.1 Å². The number of hydrogen-bond acceptors (Lipinski definition) is 3. The Bertz CT molecular complexity index is 540. The Morgan fingerprint density at radius 1 is 1.28 bits per heavy atom. The standard InChI is InChI=1S/C13H14F2N2S/c1-3-13-16-9(8-18-13)7-17(2)10-4-5-11(14)12(15)6-10/h4-6,8H,3,7H2,1-2H3. The van der Waals surface area contributed by atoms with E-state index in [-0.39, 0.29) is 0 Å². The quantitative estimate of drug-likeness (QED) is 0.842. The second-order valence-corrected chi connectivity index (χ2v) is 4.98. The molecule has 18 heavy (non-hydrogen) atoms. The molecule has 0 saturated heterocycles. The summed E-state index contributed by atoms with van der Waals surface area (Å²) in [5.41, 5.74) is 1.59. The lowest BCUT2D eigenvalue weighted by atomic mass is 10.2. The zero-order chi connectivity index (χ0) is 13.1. The minimum absolute atomic E-state index is 0.585. The molecule has 2 rings (SSSR count). The molecule has 5 heteroatoms. The van der Waals surface area contributed by atoms with Gasteiger partial charge in [-0.3, -0.25) is 0 Å². The lowest BCUT2D eigenvalue weighted by molar-refractivity contribution is 0.508. The third-order valence-corrected chi connectivity index (χ3v) is 3.69. The van der Waals surface area contributed by atoms with Crippen LogP contribution in [-0.2, 0) is 13.0 Å². The maximum Gasteiger partial charge on any atom is 0.160 e. The van der Waals surface area contributed by atoms with E-state index in [0.717, 1.165) is 23.2 Å². The van der Waals surface area contributed by atoms with Crippen molar-refractivity contribution in [3.63, 3.8) is 0 Å². The zero-order valence-electron chi connectivity index (χ0n) is 10.3. The summed E-state index contributed by atoms with van der Waals surface area (Å²) in [7, 11) is 1.83. The van der Waals surface area contributed by atoms with Gasteiger partial charge in [0.15, 0.2) is 11.6 Å². The van der Waals surface area contributed by atoms with Gasteiger partial charge in [-0.1, -0.05) is 6.92 Å². The first-order valence-electron chi connectivity index (χ1n) is 5.69. The third kappa shape index (κ3) is 2.85. The van der Waals surface area contributed by atoms with Crippen molar-refractivity contribution in [2.75, 3.05) is 11.9 Å². The number of rotatable bonds is 4. The molecule has 96 valence electrons. The van der Waals surface area contributed by atoms with E-state index in [2.05, 4.69) is 11.9 Å². The van der Waals surface area contributed by atoms with Gasteiger partial charge in [0.2, 0.25) is 0 Å². The summed E-state index contributed by atoms with van der Waals surface area (Å²) in [6.07, 6.45) is 0.916. The van der Waals surface area contributed by atoms with Crippen molar-refractivity contribution in [3.05, 3.63) is 45.9 Å². The average Bonchev–Trinajstić information content (AvgIpc) is 2.80. The van der Waals surface area contributed by atoms with Gasteiger partial charge >= 0.3 is 0 Å². The monoisotopic (exact) mass is 268 g/mol. The lowest BCUT2D eigenvalue weighted by Gasteiger charge is -2.18. The third-order valence-electron chi connectivity index (χ3n) is 2.64. The summed E-state index contributed by atoms with van der Waals surface area (Å²) in [5, 5.41) is 3.08. The molecule has 0 spiro atoms. The number of nitrogens with zero attached hydrogens (tertiary/aromatic N) is 2. The van der Waals surface area contributed by atoms with Crippen LogP contribution >= 0.6 is 11.3 Å². The largest absolute Gasteiger partial charge is 0.369 e. The summed E-state index contributed by atoms with van der Waals surface area (Å²) in [6.45, 7) is 2.64. The van der Waals surface area contributed by atoms with Crippen LogP contribution in [0.1, 0.15) is 17.6 Å². The molecular weight excluding hydrogens is 254 g/mol. The van der Waals surface area contributed by atoms with Gasteiger partial charge in [-0.25, -0.2) is 13.8 Å². The normalized spacial score (nSPS) is 10.7. The molecule has 0 atom stereocenters. The van der Waals surface area contributed by atoms with Crippen molar-refractivity contribution in [1.29, 1.82) is 0 Å². The van der Waals surface area contributed by atoms with Gasteiger partial charge in [-0.2, -0.15) is 0 Å². The van der Waals surface area contributed by atoms with Crippen molar-refractivity contribution < 1.29 is 8.78 Å². The Kier molecular flexibility index (Phi) is 3.91. The molecule has 0 aliphatic carbocycles. The van der Waals surface area contributed by atoms with Crippen LogP contribution in [0.15, 0.2) is 23.6 Å². The van der Waals surface area contributed by atoms with Crippen molar-refractivity contribution in [3.8, 4) is 0 Å². The molecule has 1 aromatic carbocycles. The second kappa shape index (κ2) is 5.44. The number of halogens is 2. The molecule has 2 nitrogen and oxygen atoms in total. The Balaban J connectivity index is 2.11. The van der Waals surface area contributed by atoms with Crippen LogP contribution in [0.5, 0.6) is 0 Å². The lowest BCUT2D eigenvalue weighted by Crippen LogP contribution is -2.16. The highest BCUT2D eigenvalue weighted by molar-refractivity contribution is 7.09. The molecule has 0 saturated carbocycles. The highest BCUT2D eigenvalue weighted by Gasteiger charge is 2.08. The van der Waals surface area contributed by atoms with Gasteiger partial charge in [0.25, 0.3) is 0 Å². The highest BCUT2D eigenvalue weighted by atomic mass is 32.1. The predicted molar refractivity (Wildman–Crippen MR) is 70.0 cm³/mol. The summed E-state index contributed by atoms with van der Waals surface area (Å²) < 4.78 is 26.0. The van der Waals surface area contributed by atoms with Crippen molar-refractivity contribution in [2.24, 2.45) is 0 Å². The number of hydrogen-bond donors (Lipinski definition) is 0. The van der Waals surface area contributed by atoms with Gasteiger partial charge < -0.3 is 4.90 Å². The van der Waals surface area contributed by atoms with E-state index >= 15 is 0 Å². The molecule has 1 aromatic heterocycles. The Morgan fingerprint density at radius 3 is 2.67 bits per heavy atom. The number of aromatic nitrogens is 1. The number of thiazole rings is 1. The maximum atomic E-state index is 13.1. The van der Waals surface area contributed by atoms with Crippen LogP contribution < -0.4 is 4.90 Å². The fourth-order valence-corrected chi connectivity index (χ4v) is 2.38. The van der Waals surface area contributed by atoms with Crippen LogP contribution in [0.3, 0.4) is 0 Å². The SMILES string of the molecule is CCc1nc(CN(C)c2ccc(F)c(F)c2)cs1. The molecule has 0 unspecified atom stereocenters. The fraction of sp³-hybridized carbons (Fsp3) is 0.308. The Morgan fingerprint density at radius 2 is 2.06 bits per heavy atom. The summed E-state index contributed by atoms with van der Waals surface area (Å²) in [6, 6.07) is 3.90. The second-order valence-electron chi connectivity index (χ2n) is 4.04. The Hall–Kier alpha value is -1.49. The van der Waals surface area contributed by atoms with Crippen LogP contribution in [0.4, 0.5) is 14.5 Å². The van der Waals surface area contributed by atoms with Gasteiger partial charge in [-0.05, 0) is 18.6 Å². The van der Waals surface area contributed by atoms with Gasteiger partial charge in [-0.15, -0.1) is 11.3 Å². The number of benzene rings is 1. The molecule has 0 amide bonds. The van der Waals surface area contributed by atoms with Gasteiger partial charge in [0.05, 0.1) is 17.2 Å². The number of anilines is 1. The Labute approximate surface area is 109 Å². The first-order chi connectivity index (χ1) is 8.60. The highest BCUT2D eigenvalue weighted by Crippen LogP contribution is 2.19. The summed E-state index contributed by atoms with van der Waals surface area (Å²) in [4.78, 5) is 6.29. The van der Waals surface area contributed by atoms with E-state index in [1.165, 1.54) is 6.07 Å². The average molecular weight is 268 g/mol. The molecule has 1 heterocycles. The van der Waals surface area contributed by atoms with E-state index in [0.29, 0.717) is 12.2 Å². The minimum Gasteiger partial charge on any atom is -0.369 e. The molecule has 2 aromatic rings. The van der Waals surface area contributed by atoms with Crippen LogP contribution in [0.25, 0.3) is 0 Å². The molecule has 0 bridgehead atoms. The van der Waals surface area contributed by atoms with E-state index in [4.69, 9.17) is 0 Å². The van der Waals surface area contributed by atoms with Crippen LogP contribution in [-0.4, -0.2) is 12.0 Å². The number of aryl methyl sites for hydroxylation is 1. The van der Waals surface area contributed by atoms with Crippen LogP contribution in [0, 0.1) is 11.6 Å². The van der Waals surface area contributed by atoms with Crippen LogP contribution in [0.2, 0.25) is 0 Å². The molecular formula is C13H14F2N2S. The van der Waals surface area contributed by atoms with Crippen molar-refractivity contribution in [1.82, 2.24) is 4.98 Å². The van der Waals surface area contributed by atoms with Gasteiger partial charge in [0.1, 0.15) is 0 Å². The molecule has 0 radical (unpaired) electrons. The van der Waals surface area contributed by atoms with Gasteiger partial charge in [0, 0.05) is 24.2 Å². The first-order valence-corrected chi connectivity index (χ1v) is 6.57. The molecule has 0 N–H and O–H groups in total. The van der Waals surface area contributed by atoms with Crippen molar-refractivity contribution in [2.45, 2.75) is 19.9 Å². The minimum atomic E-state index is -0.827. The van der Waals surface area contributed by atoms with Crippen molar-refractivity contribution >= 4 is 17.0 Å². The van der Waals surface area contributed by atoms with E-state index in [1.54, 1.807) is 17.4 Å². The summed E-state index contributed by atoms with van der Waals surface area (Å²) >= 11 is 1.62. The first kappa shape index (κ1) is 13.0. The molecule has 0 fully saturated rings. The van der Waals surface area contributed by atoms with E-state index in [9.17, 15) is 8.78 Å².